The Kier molecular flexibility index (Phi) is 3.37. The molecule has 0 saturated heterocycles. The van der Waals surface area contributed by atoms with E-state index in [1.807, 2.05) is 6.07 Å². The van der Waals surface area contributed by atoms with Crippen molar-refractivity contribution in [1.82, 2.24) is 24.9 Å². The van der Waals surface area contributed by atoms with Gasteiger partial charge in [0.25, 0.3) is 11.5 Å². The third-order valence-electron chi connectivity index (χ3n) is 3.09. The first-order valence-corrected chi connectivity index (χ1v) is 6.38. The average molecular weight is 294 g/mol. The van der Waals surface area contributed by atoms with Gasteiger partial charge in [-0.2, -0.15) is 5.26 Å². The molecule has 108 valence electrons. The topological polar surface area (TPSA) is 116 Å². The van der Waals surface area contributed by atoms with Crippen LogP contribution in [0.5, 0.6) is 0 Å². The Hall–Kier alpha value is -3.47. The summed E-state index contributed by atoms with van der Waals surface area (Å²) < 4.78 is 1.51. The van der Waals surface area contributed by atoms with Crippen LogP contribution in [0.4, 0.5) is 0 Å². The van der Waals surface area contributed by atoms with E-state index in [2.05, 4.69) is 20.5 Å². The van der Waals surface area contributed by atoms with Gasteiger partial charge in [-0.3, -0.25) is 14.0 Å². The summed E-state index contributed by atoms with van der Waals surface area (Å²) in [4.78, 5) is 26.0. The molecule has 0 fully saturated rings. The van der Waals surface area contributed by atoms with Crippen LogP contribution in [0, 0.1) is 11.3 Å². The van der Waals surface area contributed by atoms with Crippen LogP contribution in [0.2, 0.25) is 0 Å². The molecule has 3 aromatic rings. The maximum atomic E-state index is 12.0. The molecule has 1 aromatic carbocycles. The van der Waals surface area contributed by atoms with Crippen LogP contribution in [0.1, 0.15) is 21.7 Å². The highest BCUT2D eigenvalue weighted by Gasteiger charge is 2.10. The van der Waals surface area contributed by atoms with Gasteiger partial charge < -0.3 is 10.3 Å². The Morgan fingerprint density at radius 1 is 1.32 bits per heavy atom. The van der Waals surface area contributed by atoms with Gasteiger partial charge in [-0.05, 0) is 24.3 Å². The predicted octanol–water partition coefficient (Wildman–Crippen LogP) is 0.219. The lowest BCUT2D eigenvalue weighted by Crippen LogP contribution is -2.24. The minimum atomic E-state index is -0.348. The van der Waals surface area contributed by atoms with Crippen molar-refractivity contribution < 1.29 is 4.79 Å². The van der Waals surface area contributed by atoms with Crippen LogP contribution in [0.25, 0.3) is 5.65 Å². The zero-order valence-electron chi connectivity index (χ0n) is 11.3. The first-order valence-electron chi connectivity index (χ1n) is 6.38. The molecule has 8 nitrogen and oxygen atoms in total. The molecule has 0 bridgehead atoms. The van der Waals surface area contributed by atoms with Crippen LogP contribution in [0.15, 0.2) is 41.5 Å². The van der Waals surface area contributed by atoms with E-state index in [1.165, 1.54) is 10.6 Å². The first-order chi connectivity index (χ1) is 10.7. The van der Waals surface area contributed by atoms with Crippen molar-refractivity contribution in [2.24, 2.45) is 0 Å². The molecule has 2 N–H and O–H groups in total. The van der Waals surface area contributed by atoms with Crippen LogP contribution in [-0.2, 0) is 6.54 Å². The number of nitrogens with zero attached hydrogens (tertiary/aromatic N) is 4. The molecule has 0 aliphatic heterocycles. The Labute approximate surface area is 124 Å². The molecular formula is C14H10N6O2. The summed E-state index contributed by atoms with van der Waals surface area (Å²) in [5.41, 5.74) is 0.745. The zero-order valence-corrected chi connectivity index (χ0v) is 11.3. The molecule has 8 heteroatoms. The van der Waals surface area contributed by atoms with Gasteiger partial charge in [-0.25, -0.2) is 0 Å². The fraction of sp³-hybridized carbons (Fsp3) is 0.0714. The molecule has 0 unspecified atom stereocenters. The second-order valence-electron chi connectivity index (χ2n) is 4.47. The Balaban J connectivity index is 1.76. The highest BCUT2D eigenvalue weighted by atomic mass is 16.1. The summed E-state index contributed by atoms with van der Waals surface area (Å²) in [7, 11) is 0. The van der Waals surface area contributed by atoms with Crippen LogP contribution < -0.4 is 10.9 Å². The molecule has 2 heterocycles. The smallest absolute Gasteiger partial charge is 0.293 e. The molecule has 0 radical (unpaired) electrons. The van der Waals surface area contributed by atoms with Gasteiger partial charge >= 0.3 is 0 Å². The second-order valence-corrected chi connectivity index (χ2v) is 4.47. The highest BCUT2D eigenvalue weighted by molar-refractivity contribution is 5.94. The molecule has 2 aromatic heterocycles. The summed E-state index contributed by atoms with van der Waals surface area (Å²) in [5, 5.41) is 19.1. The molecule has 1 amide bonds. The van der Waals surface area contributed by atoms with Crippen molar-refractivity contribution in [2.45, 2.75) is 6.54 Å². The van der Waals surface area contributed by atoms with E-state index in [9.17, 15) is 9.59 Å². The van der Waals surface area contributed by atoms with E-state index in [1.54, 1.807) is 30.5 Å². The number of rotatable bonds is 3. The van der Waals surface area contributed by atoms with E-state index in [0.29, 0.717) is 17.0 Å². The molecule has 0 spiro atoms. The number of carbonyl (C=O) groups excluding carboxylic acids is 1. The number of hydrogen-bond acceptors (Lipinski definition) is 5. The van der Waals surface area contributed by atoms with Crippen LogP contribution in [0.3, 0.4) is 0 Å². The summed E-state index contributed by atoms with van der Waals surface area (Å²) in [6, 6.07) is 8.27. The van der Waals surface area contributed by atoms with Crippen molar-refractivity contribution in [1.29, 1.82) is 5.26 Å². The molecule has 0 aliphatic rings. The SMILES string of the molecule is N#Cc1ccc(C(=O)NCc2nnc3c(=O)[nH]ccn23)cc1. The number of H-pyrrole nitrogens is 1. The normalized spacial score (nSPS) is 10.3. The fourth-order valence-electron chi connectivity index (χ4n) is 1.97. The van der Waals surface area contributed by atoms with Crippen molar-refractivity contribution >= 4 is 11.6 Å². The number of hydrogen-bond donors (Lipinski definition) is 2. The quantitative estimate of drug-likeness (QED) is 0.716. The van der Waals surface area contributed by atoms with E-state index in [-0.39, 0.29) is 23.7 Å². The molecule has 0 saturated carbocycles. The number of carbonyl (C=O) groups is 1. The van der Waals surface area contributed by atoms with E-state index in [0.717, 1.165) is 0 Å². The predicted molar refractivity (Wildman–Crippen MR) is 75.9 cm³/mol. The number of fused-ring (bicyclic) bond motifs is 1. The summed E-state index contributed by atoms with van der Waals surface area (Å²) >= 11 is 0. The lowest BCUT2D eigenvalue weighted by molar-refractivity contribution is 0.0950. The summed E-state index contributed by atoms with van der Waals surface area (Å²) in [6.07, 6.45) is 3.09. The Morgan fingerprint density at radius 3 is 2.82 bits per heavy atom. The number of aromatic nitrogens is 4. The third kappa shape index (κ3) is 2.43. The van der Waals surface area contributed by atoms with Gasteiger partial charge in [0.2, 0.25) is 5.65 Å². The first kappa shape index (κ1) is 13.5. The van der Waals surface area contributed by atoms with Crippen molar-refractivity contribution in [3.8, 4) is 6.07 Å². The number of nitriles is 1. The van der Waals surface area contributed by atoms with E-state index < -0.39 is 0 Å². The van der Waals surface area contributed by atoms with Crippen molar-refractivity contribution in [2.75, 3.05) is 0 Å². The van der Waals surface area contributed by atoms with Crippen molar-refractivity contribution in [3.63, 3.8) is 0 Å². The minimum absolute atomic E-state index is 0.128. The lowest BCUT2D eigenvalue weighted by atomic mass is 10.1. The fourth-order valence-corrected chi connectivity index (χ4v) is 1.97. The zero-order chi connectivity index (χ0) is 15.5. The largest absolute Gasteiger partial charge is 0.345 e. The average Bonchev–Trinajstić information content (AvgIpc) is 2.97. The monoisotopic (exact) mass is 294 g/mol. The van der Waals surface area contributed by atoms with Crippen LogP contribution >= 0.6 is 0 Å². The molecular weight excluding hydrogens is 284 g/mol. The van der Waals surface area contributed by atoms with Gasteiger partial charge in [0.1, 0.15) is 0 Å². The number of aromatic amines is 1. The minimum Gasteiger partial charge on any atom is -0.345 e. The highest BCUT2D eigenvalue weighted by Crippen LogP contribution is 2.04. The van der Waals surface area contributed by atoms with E-state index >= 15 is 0 Å². The second kappa shape index (κ2) is 5.49. The number of nitrogens with one attached hydrogen (secondary N) is 2. The van der Waals surface area contributed by atoms with Gasteiger partial charge in [-0.15, -0.1) is 10.2 Å². The maximum Gasteiger partial charge on any atom is 0.293 e. The summed E-state index contributed by atoms with van der Waals surface area (Å²) in [5.74, 6) is 0.147. The van der Waals surface area contributed by atoms with Gasteiger partial charge in [0.15, 0.2) is 5.82 Å². The Morgan fingerprint density at radius 2 is 2.09 bits per heavy atom. The molecule has 3 rings (SSSR count). The third-order valence-corrected chi connectivity index (χ3v) is 3.09. The lowest BCUT2D eigenvalue weighted by Gasteiger charge is -2.04. The molecule has 0 aliphatic carbocycles. The number of benzene rings is 1. The molecule has 22 heavy (non-hydrogen) atoms. The van der Waals surface area contributed by atoms with Crippen molar-refractivity contribution in [3.05, 3.63) is 64.0 Å². The van der Waals surface area contributed by atoms with Gasteiger partial charge in [0.05, 0.1) is 18.2 Å². The van der Waals surface area contributed by atoms with Crippen LogP contribution in [-0.4, -0.2) is 25.5 Å². The van der Waals surface area contributed by atoms with Gasteiger partial charge in [0, 0.05) is 18.0 Å². The molecule has 0 atom stereocenters. The van der Waals surface area contributed by atoms with Gasteiger partial charge in [-0.1, -0.05) is 0 Å². The standard InChI is InChI=1S/C14H10N6O2/c15-7-9-1-3-10(4-2-9)13(21)17-8-11-18-19-12-14(22)16-5-6-20(11)12/h1-6H,8H2,(H,16,22)(H,17,21). The van der Waals surface area contributed by atoms with E-state index in [4.69, 9.17) is 5.26 Å². The Bertz CT molecular complexity index is 932. The number of amides is 1. The summed E-state index contributed by atoms with van der Waals surface area (Å²) in [6.45, 7) is 0.128. The maximum absolute atomic E-state index is 12.0.